The van der Waals surface area contributed by atoms with Crippen molar-refractivity contribution < 1.29 is 13.9 Å². The van der Waals surface area contributed by atoms with E-state index in [1.807, 2.05) is 47.4 Å². The second-order valence-electron chi connectivity index (χ2n) is 8.31. The number of amides is 2. The summed E-state index contributed by atoms with van der Waals surface area (Å²) in [4.78, 5) is 16.9. The van der Waals surface area contributed by atoms with Gasteiger partial charge in [-0.3, -0.25) is 0 Å². The summed E-state index contributed by atoms with van der Waals surface area (Å²) >= 11 is 0. The molecule has 0 aromatic heterocycles. The summed E-state index contributed by atoms with van der Waals surface area (Å²) in [7, 11) is 0. The fourth-order valence-electron chi connectivity index (χ4n) is 4.35. The van der Waals surface area contributed by atoms with E-state index in [-0.39, 0.29) is 18.0 Å². The highest BCUT2D eigenvalue weighted by Gasteiger charge is 2.28. The highest BCUT2D eigenvalue weighted by atomic mass is 19.1. The van der Waals surface area contributed by atoms with E-state index in [4.69, 9.17) is 4.74 Å². The number of likely N-dealkylation sites (tertiary alicyclic amines) is 1. The van der Waals surface area contributed by atoms with Crippen LogP contribution in [0.25, 0.3) is 0 Å². The van der Waals surface area contributed by atoms with Gasteiger partial charge in [0.15, 0.2) is 0 Å². The maximum absolute atomic E-state index is 13.1. The lowest BCUT2D eigenvalue weighted by Gasteiger charge is -2.38. The van der Waals surface area contributed by atoms with Gasteiger partial charge >= 0.3 is 6.03 Å². The number of carbonyl (C=O) groups excluding carboxylic acids is 1. The first-order chi connectivity index (χ1) is 14.7. The van der Waals surface area contributed by atoms with Crippen LogP contribution in [0.3, 0.4) is 0 Å². The molecule has 2 saturated heterocycles. The zero-order valence-electron chi connectivity index (χ0n) is 17.3. The number of nitrogens with zero attached hydrogens (tertiary/aromatic N) is 2. The predicted octanol–water partition coefficient (Wildman–Crippen LogP) is 4.01. The summed E-state index contributed by atoms with van der Waals surface area (Å²) in [5, 5.41) is 2.96. The van der Waals surface area contributed by atoms with Gasteiger partial charge in [0.2, 0.25) is 0 Å². The van der Waals surface area contributed by atoms with Crippen molar-refractivity contribution in [2.45, 2.75) is 25.4 Å². The molecule has 0 aliphatic carbocycles. The molecule has 2 heterocycles. The van der Waals surface area contributed by atoms with E-state index in [1.165, 1.54) is 5.56 Å². The van der Waals surface area contributed by atoms with Crippen LogP contribution in [0.5, 0.6) is 0 Å². The Morgan fingerprint density at radius 1 is 1.03 bits per heavy atom. The molecule has 0 radical (unpaired) electrons. The van der Waals surface area contributed by atoms with Crippen LogP contribution >= 0.6 is 0 Å². The Morgan fingerprint density at radius 2 is 1.77 bits per heavy atom. The Balaban J connectivity index is 1.21. The summed E-state index contributed by atoms with van der Waals surface area (Å²) in [5.41, 5.74) is 2.03. The Labute approximate surface area is 177 Å². The monoisotopic (exact) mass is 411 g/mol. The third kappa shape index (κ3) is 5.80. The molecule has 1 N–H and O–H groups in total. The maximum Gasteiger partial charge on any atom is 0.322 e. The fraction of sp³-hybridized carbons (Fsp3) is 0.458. The molecule has 6 heteroatoms. The van der Waals surface area contributed by atoms with Gasteiger partial charge in [-0.2, -0.15) is 0 Å². The quantitative estimate of drug-likeness (QED) is 0.809. The zero-order valence-corrected chi connectivity index (χ0v) is 17.3. The zero-order chi connectivity index (χ0) is 20.8. The number of morpholine rings is 1. The number of carbonyl (C=O) groups is 1. The molecule has 2 aromatic carbocycles. The predicted molar refractivity (Wildman–Crippen MR) is 116 cm³/mol. The molecule has 2 aliphatic heterocycles. The number of rotatable bonds is 5. The largest absolute Gasteiger partial charge is 0.373 e. The summed E-state index contributed by atoms with van der Waals surface area (Å²) < 4.78 is 19.0. The second-order valence-corrected chi connectivity index (χ2v) is 8.31. The SMILES string of the molecule is O=C(Nc1ccccc1)N1CCO[C@H](CN2CCC(Cc3ccc(F)cc3)CC2)C1. The number of para-hydroxylation sites is 1. The summed E-state index contributed by atoms with van der Waals surface area (Å²) in [6.45, 7) is 4.76. The summed E-state index contributed by atoms with van der Waals surface area (Å²) in [6.07, 6.45) is 3.35. The van der Waals surface area contributed by atoms with Crippen molar-refractivity contribution in [2.75, 3.05) is 44.6 Å². The van der Waals surface area contributed by atoms with E-state index in [0.29, 0.717) is 25.6 Å². The van der Waals surface area contributed by atoms with Gasteiger partial charge in [0, 0.05) is 25.3 Å². The average molecular weight is 412 g/mol. The van der Waals surface area contributed by atoms with Crippen molar-refractivity contribution in [2.24, 2.45) is 5.92 Å². The number of hydrogen-bond donors (Lipinski definition) is 1. The minimum absolute atomic E-state index is 0.0499. The highest BCUT2D eigenvalue weighted by molar-refractivity contribution is 5.89. The molecular weight excluding hydrogens is 381 g/mol. The first kappa shape index (κ1) is 20.8. The van der Waals surface area contributed by atoms with E-state index in [1.54, 1.807) is 12.1 Å². The van der Waals surface area contributed by atoms with Crippen molar-refractivity contribution in [3.05, 3.63) is 66.0 Å². The van der Waals surface area contributed by atoms with Crippen LogP contribution in [-0.2, 0) is 11.2 Å². The molecule has 0 saturated carbocycles. The molecule has 1 atom stereocenters. The number of ether oxygens (including phenoxy) is 1. The first-order valence-electron chi connectivity index (χ1n) is 10.8. The number of piperidine rings is 1. The van der Waals surface area contributed by atoms with E-state index in [2.05, 4.69) is 10.2 Å². The average Bonchev–Trinajstić information content (AvgIpc) is 2.78. The molecule has 0 unspecified atom stereocenters. The van der Waals surface area contributed by atoms with Gasteiger partial charge in [0.1, 0.15) is 5.82 Å². The van der Waals surface area contributed by atoms with Gasteiger partial charge in [-0.15, -0.1) is 0 Å². The van der Waals surface area contributed by atoms with Gasteiger partial charge in [0.05, 0.1) is 12.7 Å². The van der Waals surface area contributed by atoms with Crippen molar-refractivity contribution in [1.29, 1.82) is 0 Å². The molecule has 0 bridgehead atoms. The van der Waals surface area contributed by atoms with Crippen LogP contribution in [0.2, 0.25) is 0 Å². The molecule has 2 fully saturated rings. The van der Waals surface area contributed by atoms with E-state index >= 15 is 0 Å². The van der Waals surface area contributed by atoms with Crippen molar-refractivity contribution in [3.63, 3.8) is 0 Å². The Bertz CT molecular complexity index is 807. The van der Waals surface area contributed by atoms with Crippen molar-refractivity contribution >= 4 is 11.7 Å². The molecular formula is C24H30FN3O2. The Kier molecular flexibility index (Phi) is 6.97. The van der Waals surface area contributed by atoms with Crippen LogP contribution in [0.4, 0.5) is 14.9 Å². The summed E-state index contributed by atoms with van der Waals surface area (Å²) in [6, 6.07) is 16.4. The lowest BCUT2D eigenvalue weighted by Crippen LogP contribution is -2.51. The van der Waals surface area contributed by atoms with Crippen molar-refractivity contribution in [1.82, 2.24) is 9.80 Å². The second kappa shape index (κ2) is 10.0. The van der Waals surface area contributed by atoms with E-state index in [0.717, 1.165) is 44.6 Å². The fourth-order valence-corrected chi connectivity index (χ4v) is 4.35. The van der Waals surface area contributed by atoms with Crippen LogP contribution in [0.15, 0.2) is 54.6 Å². The number of nitrogens with one attached hydrogen (secondary N) is 1. The number of urea groups is 1. The minimum atomic E-state index is -0.174. The smallest absolute Gasteiger partial charge is 0.322 e. The molecule has 2 aliphatic rings. The first-order valence-corrected chi connectivity index (χ1v) is 10.8. The summed E-state index contributed by atoms with van der Waals surface area (Å²) in [5.74, 6) is 0.472. The van der Waals surface area contributed by atoms with Gasteiger partial charge in [0.25, 0.3) is 0 Å². The van der Waals surface area contributed by atoms with Gasteiger partial charge in [-0.05, 0) is 68.1 Å². The normalized spacial score (nSPS) is 20.8. The number of anilines is 1. The molecule has 30 heavy (non-hydrogen) atoms. The standard InChI is InChI=1S/C24H30FN3O2/c25-21-8-6-19(7-9-21)16-20-10-12-27(13-11-20)17-23-18-28(14-15-30-23)24(29)26-22-4-2-1-3-5-22/h1-9,20,23H,10-18H2,(H,26,29)/t23-/m1/s1. The Hall–Kier alpha value is -2.44. The van der Waals surface area contributed by atoms with Gasteiger partial charge in [-0.1, -0.05) is 30.3 Å². The van der Waals surface area contributed by atoms with Crippen LogP contribution < -0.4 is 5.32 Å². The minimum Gasteiger partial charge on any atom is -0.373 e. The molecule has 4 rings (SSSR count). The molecule has 160 valence electrons. The lowest BCUT2D eigenvalue weighted by atomic mass is 9.90. The van der Waals surface area contributed by atoms with Gasteiger partial charge < -0.3 is 19.9 Å². The van der Waals surface area contributed by atoms with Crippen LogP contribution in [-0.4, -0.2) is 61.3 Å². The van der Waals surface area contributed by atoms with Crippen molar-refractivity contribution in [3.8, 4) is 0 Å². The number of hydrogen-bond acceptors (Lipinski definition) is 3. The van der Waals surface area contributed by atoms with Crippen LogP contribution in [0, 0.1) is 11.7 Å². The highest BCUT2D eigenvalue weighted by Crippen LogP contribution is 2.23. The molecule has 2 amide bonds. The topological polar surface area (TPSA) is 44.8 Å². The maximum atomic E-state index is 13.1. The third-order valence-electron chi connectivity index (χ3n) is 6.06. The molecule has 2 aromatic rings. The van der Waals surface area contributed by atoms with Crippen LogP contribution in [0.1, 0.15) is 18.4 Å². The molecule has 0 spiro atoms. The Morgan fingerprint density at radius 3 is 2.50 bits per heavy atom. The van der Waals surface area contributed by atoms with E-state index < -0.39 is 0 Å². The number of halogens is 1. The molecule has 5 nitrogen and oxygen atoms in total. The van der Waals surface area contributed by atoms with E-state index in [9.17, 15) is 9.18 Å². The van der Waals surface area contributed by atoms with Gasteiger partial charge in [-0.25, -0.2) is 9.18 Å². The lowest BCUT2D eigenvalue weighted by molar-refractivity contribution is -0.0329. The third-order valence-corrected chi connectivity index (χ3v) is 6.06. The number of benzene rings is 2.